The number of piperidine rings is 1. The van der Waals surface area contributed by atoms with Gasteiger partial charge in [-0.05, 0) is 89.3 Å². The Bertz CT molecular complexity index is 1200. The summed E-state index contributed by atoms with van der Waals surface area (Å²) in [6, 6.07) is 11.0. The van der Waals surface area contributed by atoms with Gasteiger partial charge in [-0.25, -0.2) is 0 Å². The lowest BCUT2D eigenvalue weighted by atomic mass is 10.0. The third kappa shape index (κ3) is 6.49. The van der Waals surface area contributed by atoms with Crippen molar-refractivity contribution in [3.05, 3.63) is 68.9 Å². The summed E-state index contributed by atoms with van der Waals surface area (Å²) in [5.41, 5.74) is 1.89. The van der Waals surface area contributed by atoms with Gasteiger partial charge in [0.1, 0.15) is 17.1 Å². The van der Waals surface area contributed by atoms with Crippen molar-refractivity contribution >= 4 is 34.9 Å². The zero-order valence-corrected chi connectivity index (χ0v) is 23.3. The van der Waals surface area contributed by atoms with E-state index in [1.165, 1.54) is 0 Å². The van der Waals surface area contributed by atoms with E-state index in [0.29, 0.717) is 44.5 Å². The van der Waals surface area contributed by atoms with Gasteiger partial charge in [-0.2, -0.15) is 0 Å². The van der Waals surface area contributed by atoms with Crippen LogP contribution < -0.4 is 14.8 Å². The second kappa shape index (κ2) is 11.9. The summed E-state index contributed by atoms with van der Waals surface area (Å²) < 4.78 is 12.0. The van der Waals surface area contributed by atoms with Gasteiger partial charge < -0.3 is 19.7 Å². The van der Waals surface area contributed by atoms with Gasteiger partial charge in [-0.15, -0.1) is 0 Å². The van der Waals surface area contributed by atoms with Gasteiger partial charge in [-0.3, -0.25) is 9.59 Å². The lowest BCUT2D eigenvalue weighted by Gasteiger charge is -2.36. The largest absolute Gasteiger partial charge is 0.490 e. The van der Waals surface area contributed by atoms with E-state index in [1.54, 1.807) is 24.3 Å². The molecule has 4 rings (SSSR count). The van der Waals surface area contributed by atoms with Gasteiger partial charge in [0.2, 0.25) is 5.78 Å². The van der Waals surface area contributed by atoms with Gasteiger partial charge >= 0.3 is 0 Å². The van der Waals surface area contributed by atoms with Gasteiger partial charge in [0.25, 0.3) is 5.91 Å². The van der Waals surface area contributed by atoms with Crippen LogP contribution >= 0.6 is 23.2 Å². The van der Waals surface area contributed by atoms with Gasteiger partial charge in [-0.1, -0.05) is 29.3 Å². The molecule has 2 atom stereocenters. The topological polar surface area (TPSA) is 67.9 Å². The number of rotatable bonds is 8. The average molecular weight is 546 g/mol. The van der Waals surface area contributed by atoms with Crippen molar-refractivity contribution in [2.24, 2.45) is 0 Å². The van der Waals surface area contributed by atoms with Crippen LogP contribution in [0.5, 0.6) is 11.5 Å². The first-order valence-electron chi connectivity index (χ1n) is 12.8. The molecule has 2 unspecified atom stereocenters. The molecule has 2 heterocycles. The van der Waals surface area contributed by atoms with E-state index in [9.17, 15) is 9.59 Å². The molecule has 8 heteroatoms. The number of ether oxygens (including phenoxy) is 2. The quantitative estimate of drug-likeness (QED) is 0.375. The molecular weight excluding hydrogens is 511 g/mol. The number of nitrogens with one attached hydrogen (secondary N) is 1. The van der Waals surface area contributed by atoms with E-state index in [0.717, 1.165) is 44.3 Å². The number of carbonyl (C=O) groups excluding carboxylic acids is 2. The summed E-state index contributed by atoms with van der Waals surface area (Å²) in [6.45, 7) is 9.86. The number of allylic oxidation sites excluding steroid dienone is 2. The summed E-state index contributed by atoms with van der Waals surface area (Å²) in [4.78, 5) is 27.9. The molecule has 198 valence electrons. The highest BCUT2D eigenvalue weighted by molar-refractivity contribution is 6.42. The maximum Gasteiger partial charge on any atom is 0.251 e. The number of likely N-dealkylation sites (tertiary alicyclic amines) is 1. The minimum absolute atomic E-state index is 0.0412. The fourth-order valence-electron chi connectivity index (χ4n) is 4.84. The molecule has 0 spiro atoms. The van der Waals surface area contributed by atoms with Crippen LogP contribution in [0.1, 0.15) is 74.1 Å². The second-order valence-corrected chi connectivity index (χ2v) is 11.0. The van der Waals surface area contributed by atoms with E-state index in [-0.39, 0.29) is 23.8 Å². The molecule has 0 aliphatic carbocycles. The van der Waals surface area contributed by atoms with Crippen molar-refractivity contribution in [3.63, 3.8) is 0 Å². The third-order valence-electron chi connectivity index (χ3n) is 7.08. The second-order valence-electron chi connectivity index (χ2n) is 10.2. The molecule has 1 amide bonds. The summed E-state index contributed by atoms with van der Waals surface area (Å²) in [5, 5.41) is 3.94. The van der Waals surface area contributed by atoms with E-state index < -0.39 is 0 Å². The summed E-state index contributed by atoms with van der Waals surface area (Å²) in [6.07, 6.45) is 3.59. The number of amides is 1. The van der Waals surface area contributed by atoms with Crippen molar-refractivity contribution in [3.8, 4) is 11.5 Å². The smallest absolute Gasteiger partial charge is 0.251 e. The summed E-state index contributed by atoms with van der Waals surface area (Å²) in [5.74, 6) is 1.30. The first-order valence-corrected chi connectivity index (χ1v) is 13.6. The normalized spacial score (nSPS) is 17.7. The fourth-order valence-corrected chi connectivity index (χ4v) is 5.14. The number of Topliss-reactive ketones (excluding diaryl/α,β-unsaturated/α-hetero) is 1. The molecule has 0 aromatic heterocycles. The molecule has 6 nitrogen and oxygen atoms in total. The zero-order valence-electron chi connectivity index (χ0n) is 21.8. The maximum atomic E-state index is 12.8. The Morgan fingerprint density at radius 2 is 1.84 bits per heavy atom. The Kier molecular flexibility index (Phi) is 8.83. The van der Waals surface area contributed by atoms with Crippen LogP contribution in [0, 0.1) is 0 Å². The molecule has 0 radical (unpaired) electrons. The number of hydrogen-bond donors (Lipinski definition) is 1. The number of nitrogens with zero attached hydrogens (tertiary/aromatic N) is 1. The molecule has 1 fully saturated rings. The lowest BCUT2D eigenvalue weighted by molar-refractivity contribution is 0.0883. The van der Waals surface area contributed by atoms with Crippen molar-refractivity contribution in [2.75, 3.05) is 13.1 Å². The van der Waals surface area contributed by atoms with E-state index >= 15 is 0 Å². The molecule has 0 saturated carbocycles. The third-order valence-corrected chi connectivity index (χ3v) is 7.82. The van der Waals surface area contributed by atoms with Crippen LogP contribution in [0.25, 0.3) is 0 Å². The van der Waals surface area contributed by atoms with Gasteiger partial charge in [0.05, 0.1) is 16.1 Å². The molecule has 2 aliphatic rings. The molecular formula is C29H34Cl2N2O4. The Morgan fingerprint density at radius 1 is 1.11 bits per heavy atom. The van der Waals surface area contributed by atoms with E-state index in [4.69, 9.17) is 32.7 Å². The summed E-state index contributed by atoms with van der Waals surface area (Å²) >= 11 is 12.0. The molecule has 2 aromatic rings. The molecule has 1 saturated heterocycles. The van der Waals surface area contributed by atoms with Crippen LogP contribution in [-0.2, 0) is 0 Å². The molecule has 2 aliphatic heterocycles. The van der Waals surface area contributed by atoms with Crippen molar-refractivity contribution in [1.82, 2.24) is 10.2 Å². The first kappa shape index (κ1) is 27.5. The number of ketones is 1. The highest BCUT2D eigenvalue weighted by Crippen LogP contribution is 2.39. The molecule has 0 bridgehead atoms. The monoisotopic (exact) mass is 544 g/mol. The van der Waals surface area contributed by atoms with Crippen molar-refractivity contribution < 1.29 is 19.1 Å². The molecule has 1 N–H and O–H groups in total. The van der Waals surface area contributed by atoms with E-state index in [2.05, 4.69) is 17.1 Å². The number of halogens is 2. The Morgan fingerprint density at radius 3 is 2.51 bits per heavy atom. The maximum absolute atomic E-state index is 12.8. The van der Waals surface area contributed by atoms with Crippen LogP contribution in [-0.4, -0.2) is 47.9 Å². The lowest BCUT2D eigenvalue weighted by Crippen LogP contribution is -2.47. The summed E-state index contributed by atoms with van der Waals surface area (Å²) in [7, 11) is 0. The number of hydrogen-bond acceptors (Lipinski definition) is 5. The fraction of sp³-hybridized carbons (Fsp3) is 0.448. The number of benzene rings is 2. The predicted molar refractivity (Wildman–Crippen MR) is 147 cm³/mol. The highest BCUT2D eigenvalue weighted by Gasteiger charge is 2.32. The molecule has 37 heavy (non-hydrogen) atoms. The number of fused-ring (bicyclic) bond motifs is 1. The SMILES string of the molecule is CC(C)=C1Oc2cccc(OC(C)CCC(C)N3CCC(NC(=O)c4ccc(Cl)c(Cl)c4)CC3)c2C1=O. The number of carbonyl (C=O) groups is 2. The standard InChI is InChI=1S/C29H34Cl2N2O4/c1-17(2)28-27(34)26-24(6-5-7-25(26)37-28)36-19(4)9-8-18(3)33-14-12-21(13-15-33)32-29(35)20-10-11-22(30)23(31)16-20/h5-7,10-11,16,18-19,21H,8-9,12-15H2,1-4H3,(H,32,35). The van der Waals surface area contributed by atoms with Crippen molar-refractivity contribution in [1.29, 1.82) is 0 Å². The minimum atomic E-state index is -0.121. The van der Waals surface area contributed by atoms with Gasteiger partial charge in [0.15, 0.2) is 5.76 Å². The minimum Gasteiger partial charge on any atom is -0.490 e. The van der Waals surface area contributed by atoms with Gasteiger partial charge in [0, 0.05) is 30.7 Å². The van der Waals surface area contributed by atoms with Crippen LogP contribution in [0.2, 0.25) is 10.0 Å². The Balaban J connectivity index is 1.23. The first-order chi connectivity index (χ1) is 17.6. The van der Waals surface area contributed by atoms with Crippen molar-refractivity contribution in [2.45, 2.75) is 71.6 Å². The highest BCUT2D eigenvalue weighted by atomic mass is 35.5. The Labute approximate surface area is 228 Å². The van der Waals surface area contributed by atoms with Crippen LogP contribution in [0.15, 0.2) is 47.7 Å². The average Bonchev–Trinajstić information content (AvgIpc) is 3.22. The molecule has 2 aromatic carbocycles. The zero-order chi connectivity index (χ0) is 26.7. The van der Waals surface area contributed by atoms with Crippen LogP contribution in [0.3, 0.4) is 0 Å². The predicted octanol–water partition coefficient (Wildman–Crippen LogP) is 6.69. The van der Waals surface area contributed by atoms with Crippen LogP contribution in [0.4, 0.5) is 0 Å². The Hall–Kier alpha value is -2.54. The van der Waals surface area contributed by atoms with E-state index in [1.807, 2.05) is 32.9 Å².